The van der Waals surface area contributed by atoms with Crippen LogP contribution >= 0.6 is 15.9 Å². The van der Waals surface area contributed by atoms with Gasteiger partial charge in [-0.2, -0.15) is 0 Å². The number of methoxy groups -OCH3 is 1. The standard InChI is InChI=1S/C14H20BrNO2/c1-9-6-7-18-14(9)13(16-2)11-5-4-10(17-3)8-12(11)15/h4-5,8-9,13-14,16H,6-7H2,1-3H3. The van der Waals surface area contributed by atoms with Gasteiger partial charge in [0.15, 0.2) is 0 Å². The van der Waals surface area contributed by atoms with Gasteiger partial charge in [-0.15, -0.1) is 0 Å². The molecule has 2 rings (SSSR count). The van der Waals surface area contributed by atoms with Crippen molar-refractivity contribution in [3.8, 4) is 5.75 Å². The van der Waals surface area contributed by atoms with Crippen LogP contribution in [0.1, 0.15) is 24.9 Å². The first-order valence-corrected chi connectivity index (χ1v) is 7.09. The topological polar surface area (TPSA) is 30.5 Å². The van der Waals surface area contributed by atoms with Crippen molar-refractivity contribution in [3.05, 3.63) is 28.2 Å². The average Bonchev–Trinajstić information content (AvgIpc) is 2.78. The highest BCUT2D eigenvalue weighted by molar-refractivity contribution is 9.10. The van der Waals surface area contributed by atoms with Gasteiger partial charge in [-0.05, 0) is 37.1 Å². The van der Waals surface area contributed by atoms with Crippen LogP contribution in [-0.2, 0) is 4.74 Å². The molecule has 18 heavy (non-hydrogen) atoms. The molecule has 1 aliphatic heterocycles. The Morgan fingerprint density at radius 1 is 1.50 bits per heavy atom. The number of ether oxygens (including phenoxy) is 2. The summed E-state index contributed by atoms with van der Waals surface area (Å²) < 4.78 is 12.2. The average molecular weight is 314 g/mol. The van der Waals surface area contributed by atoms with Gasteiger partial charge in [0.05, 0.1) is 19.3 Å². The molecule has 1 aliphatic rings. The molecule has 0 amide bonds. The Balaban J connectivity index is 2.27. The van der Waals surface area contributed by atoms with E-state index in [0.717, 1.165) is 23.2 Å². The molecule has 1 N–H and O–H groups in total. The molecular formula is C14H20BrNO2. The third-order valence-corrected chi connectivity index (χ3v) is 4.31. The highest BCUT2D eigenvalue weighted by Crippen LogP contribution is 2.35. The highest BCUT2D eigenvalue weighted by Gasteiger charge is 2.33. The molecule has 0 aromatic heterocycles. The number of rotatable bonds is 4. The highest BCUT2D eigenvalue weighted by atomic mass is 79.9. The van der Waals surface area contributed by atoms with E-state index in [4.69, 9.17) is 9.47 Å². The summed E-state index contributed by atoms with van der Waals surface area (Å²) in [6, 6.07) is 6.30. The zero-order chi connectivity index (χ0) is 13.1. The van der Waals surface area contributed by atoms with Crippen LogP contribution in [0.25, 0.3) is 0 Å². The van der Waals surface area contributed by atoms with E-state index < -0.39 is 0 Å². The van der Waals surface area contributed by atoms with Crippen molar-refractivity contribution in [1.29, 1.82) is 0 Å². The van der Waals surface area contributed by atoms with Gasteiger partial charge < -0.3 is 14.8 Å². The molecule has 3 nitrogen and oxygen atoms in total. The molecule has 0 radical (unpaired) electrons. The largest absolute Gasteiger partial charge is 0.497 e. The fraction of sp³-hybridized carbons (Fsp3) is 0.571. The van der Waals surface area contributed by atoms with E-state index in [1.165, 1.54) is 5.56 Å². The van der Waals surface area contributed by atoms with Crippen molar-refractivity contribution in [2.45, 2.75) is 25.5 Å². The second-order valence-electron chi connectivity index (χ2n) is 4.76. The summed E-state index contributed by atoms with van der Waals surface area (Å²) in [4.78, 5) is 0. The van der Waals surface area contributed by atoms with Crippen LogP contribution in [0.2, 0.25) is 0 Å². The summed E-state index contributed by atoms with van der Waals surface area (Å²) in [5, 5.41) is 3.37. The smallest absolute Gasteiger partial charge is 0.120 e. The first-order valence-electron chi connectivity index (χ1n) is 6.29. The maximum Gasteiger partial charge on any atom is 0.120 e. The normalized spacial score (nSPS) is 25.1. The van der Waals surface area contributed by atoms with E-state index in [9.17, 15) is 0 Å². The van der Waals surface area contributed by atoms with Gasteiger partial charge in [-0.25, -0.2) is 0 Å². The van der Waals surface area contributed by atoms with Gasteiger partial charge >= 0.3 is 0 Å². The van der Waals surface area contributed by atoms with Crippen molar-refractivity contribution in [2.24, 2.45) is 5.92 Å². The quantitative estimate of drug-likeness (QED) is 0.926. The van der Waals surface area contributed by atoms with E-state index in [1.54, 1.807) is 7.11 Å². The van der Waals surface area contributed by atoms with Gasteiger partial charge in [0.2, 0.25) is 0 Å². The van der Waals surface area contributed by atoms with Crippen LogP contribution in [0.5, 0.6) is 5.75 Å². The first-order chi connectivity index (χ1) is 8.67. The summed E-state index contributed by atoms with van der Waals surface area (Å²) in [7, 11) is 3.66. The lowest BCUT2D eigenvalue weighted by Gasteiger charge is -2.27. The van der Waals surface area contributed by atoms with Crippen LogP contribution in [0.15, 0.2) is 22.7 Å². The number of benzene rings is 1. The minimum absolute atomic E-state index is 0.211. The van der Waals surface area contributed by atoms with Crippen molar-refractivity contribution in [1.82, 2.24) is 5.32 Å². The summed E-state index contributed by atoms with van der Waals surface area (Å²) in [5.74, 6) is 1.44. The maximum atomic E-state index is 5.87. The Morgan fingerprint density at radius 3 is 2.78 bits per heavy atom. The predicted molar refractivity (Wildman–Crippen MR) is 76.0 cm³/mol. The summed E-state index contributed by atoms with van der Waals surface area (Å²) in [5.41, 5.74) is 1.22. The van der Waals surface area contributed by atoms with Crippen LogP contribution in [0, 0.1) is 5.92 Å². The van der Waals surface area contributed by atoms with Crippen molar-refractivity contribution < 1.29 is 9.47 Å². The molecule has 0 spiro atoms. The van der Waals surface area contributed by atoms with Gasteiger partial charge in [-0.1, -0.05) is 28.9 Å². The number of likely N-dealkylation sites (N-methyl/N-ethyl adjacent to an activating group) is 1. The van der Waals surface area contributed by atoms with Crippen LogP contribution in [0.4, 0.5) is 0 Å². The van der Waals surface area contributed by atoms with Gasteiger partial charge in [0.1, 0.15) is 5.75 Å². The van der Waals surface area contributed by atoms with Gasteiger partial charge in [0.25, 0.3) is 0 Å². The number of hydrogen-bond acceptors (Lipinski definition) is 3. The molecule has 0 saturated carbocycles. The molecule has 1 fully saturated rings. The molecule has 3 unspecified atom stereocenters. The molecule has 1 aromatic carbocycles. The Labute approximate surface area is 117 Å². The van der Waals surface area contributed by atoms with Crippen LogP contribution in [0.3, 0.4) is 0 Å². The molecular weight excluding hydrogens is 294 g/mol. The lowest BCUT2D eigenvalue weighted by Crippen LogP contribution is -2.32. The lowest BCUT2D eigenvalue weighted by atomic mass is 9.92. The van der Waals surface area contributed by atoms with Crippen molar-refractivity contribution >= 4 is 15.9 Å². The Morgan fingerprint density at radius 2 is 2.28 bits per heavy atom. The minimum Gasteiger partial charge on any atom is -0.497 e. The van der Waals surface area contributed by atoms with E-state index in [1.807, 2.05) is 19.2 Å². The van der Waals surface area contributed by atoms with E-state index in [0.29, 0.717) is 5.92 Å². The van der Waals surface area contributed by atoms with E-state index in [2.05, 4.69) is 34.2 Å². The molecule has 1 heterocycles. The van der Waals surface area contributed by atoms with Crippen molar-refractivity contribution in [2.75, 3.05) is 20.8 Å². The first kappa shape index (κ1) is 13.8. The van der Waals surface area contributed by atoms with E-state index >= 15 is 0 Å². The zero-order valence-electron chi connectivity index (χ0n) is 11.1. The third kappa shape index (κ3) is 2.71. The van der Waals surface area contributed by atoms with Gasteiger partial charge in [0, 0.05) is 11.1 Å². The molecule has 0 bridgehead atoms. The minimum atomic E-state index is 0.211. The molecule has 3 atom stereocenters. The summed E-state index contributed by atoms with van der Waals surface area (Å²) in [6.07, 6.45) is 1.37. The Kier molecular flexibility index (Phi) is 4.65. The monoisotopic (exact) mass is 313 g/mol. The fourth-order valence-electron chi connectivity index (χ4n) is 2.53. The molecule has 100 valence electrons. The lowest BCUT2D eigenvalue weighted by molar-refractivity contribution is 0.0629. The second kappa shape index (κ2) is 6.04. The third-order valence-electron chi connectivity index (χ3n) is 3.63. The predicted octanol–water partition coefficient (Wildman–Crippen LogP) is 3.14. The molecule has 0 aliphatic carbocycles. The second-order valence-corrected chi connectivity index (χ2v) is 5.61. The maximum absolute atomic E-state index is 5.87. The van der Waals surface area contributed by atoms with Crippen molar-refractivity contribution in [3.63, 3.8) is 0 Å². The van der Waals surface area contributed by atoms with E-state index in [-0.39, 0.29) is 12.1 Å². The Bertz CT molecular complexity index is 411. The summed E-state index contributed by atoms with van der Waals surface area (Å²) >= 11 is 3.62. The summed E-state index contributed by atoms with van der Waals surface area (Å²) in [6.45, 7) is 3.11. The zero-order valence-corrected chi connectivity index (χ0v) is 12.7. The van der Waals surface area contributed by atoms with Gasteiger partial charge in [-0.3, -0.25) is 0 Å². The number of halogens is 1. The fourth-order valence-corrected chi connectivity index (χ4v) is 3.13. The Hall–Kier alpha value is -0.580. The molecule has 1 aromatic rings. The SMILES string of the molecule is CNC(c1ccc(OC)cc1Br)C1OCCC1C. The van der Waals surface area contributed by atoms with Crippen LogP contribution < -0.4 is 10.1 Å². The number of nitrogens with one attached hydrogen (secondary N) is 1. The molecule has 1 saturated heterocycles. The van der Waals surface area contributed by atoms with Crippen LogP contribution in [-0.4, -0.2) is 26.9 Å². The molecule has 4 heteroatoms. The number of hydrogen-bond donors (Lipinski definition) is 1.